The molecular weight excluding hydrogens is 178 g/mol. The van der Waals surface area contributed by atoms with Crippen molar-refractivity contribution in [1.29, 1.82) is 0 Å². The molecule has 0 atom stereocenters. The summed E-state index contributed by atoms with van der Waals surface area (Å²) in [5, 5.41) is 20.5. The fraction of sp³-hybridized carbons (Fsp3) is 0.364. The van der Waals surface area contributed by atoms with Crippen LogP contribution in [0.3, 0.4) is 0 Å². The number of rotatable bonds is 3. The maximum absolute atomic E-state index is 11.6. The van der Waals surface area contributed by atoms with Gasteiger partial charge >= 0.3 is 0 Å². The lowest BCUT2D eigenvalue weighted by atomic mass is 10.1. The lowest BCUT2D eigenvalue weighted by Gasteiger charge is -2.21. The van der Waals surface area contributed by atoms with Crippen molar-refractivity contribution in [3.63, 3.8) is 0 Å². The van der Waals surface area contributed by atoms with E-state index in [1.165, 1.54) is 6.21 Å². The molecular formula is C11H15NO2. The van der Waals surface area contributed by atoms with Crippen molar-refractivity contribution in [3.05, 3.63) is 41.1 Å². The van der Waals surface area contributed by atoms with Crippen LogP contribution in [0, 0.1) is 5.21 Å². The molecule has 0 aromatic heterocycles. The Morgan fingerprint density at radius 1 is 1.36 bits per heavy atom. The van der Waals surface area contributed by atoms with Gasteiger partial charge in [-0.05, 0) is 12.1 Å². The molecule has 1 aromatic carbocycles. The van der Waals surface area contributed by atoms with E-state index in [0.717, 1.165) is 10.3 Å². The number of hydroxylamine groups is 1. The highest BCUT2D eigenvalue weighted by Gasteiger charge is 2.24. The molecule has 0 bridgehead atoms. The Balaban J connectivity index is 2.89. The maximum atomic E-state index is 11.6. The number of benzene rings is 1. The van der Waals surface area contributed by atoms with Gasteiger partial charge in [-0.15, -0.1) is 0 Å². The first-order chi connectivity index (χ1) is 6.56. The van der Waals surface area contributed by atoms with Gasteiger partial charge in [0.1, 0.15) is 6.61 Å². The molecule has 0 amide bonds. The second-order valence-corrected chi connectivity index (χ2v) is 3.84. The van der Waals surface area contributed by atoms with E-state index in [2.05, 4.69) is 0 Å². The van der Waals surface area contributed by atoms with Gasteiger partial charge in [0.2, 0.25) is 0 Å². The molecule has 76 valence electrons. The molecule has 0 saturated heterocycles. The number of hydrogen-bond donors (Lipinski definition) is 1. The van der Waals surface area contributed by atoms with Gasteiger partial charge in [-0.25, -0.2) is 4.74 Å². The van der Waals surface area contributed by atoms with E-state index >= 15 is 0 Å². The van der Waals surface area contributed by atoms with Gasteiger partial charge in [0.05, 0.1) is 0 Å². The summed E-state index contributed by atoms with van der Waals surface area (Å²) in [4.78, 5) is 0. The monoisotopic (exact) mass is 193 g/mol. The summed E-state index contributed by atoms with van der Waals surface area (Å²) in [6, 6.07) is 9.32. The van der Waals surface area contributed by atoms with Crippen LogP contribution in [0.4, 0.5) is 0 Å². The van der Waals surface area contributed by atoms with Crippen molar-refractivity contribution >= 4 is 6.21 Å². The van der Waals surface area contributed by atoms with Crippen LogP contribution in [0.2, 0.25) is 0 Å². The van der Waals surface area contributed by atoms with Gasteiger partial charge < -0.3 is 10.3 Å². The third-order valence-corrected chi connectivity index (χ3v) is 2.05. The molecule has 0 aliphatic rings. The van der Waals surface area contributed by atoms with Gasteiger partial charge in [-0.3, -0.25) is 0 Å². The van der Waals surface area contributed by atoms with Crippen LogP contribution >= 0.6 is 0 Å². The Hall–Kier alpha value is -1.35. The maximum Gasteiger partial charge on any atom is 0.190 e. The first kappa shape index (κ1) is 10.7. The standard InChI is InChI=1S/C11H15NO2/c1-11(2,9-13)12(14)8-10-6-4-3-5-7-10/h3-8,13H,9H2,1-2H3. The first-order valence-corrected chi connectivity index (χ1v) is 4.53. The quantitative estimate of drug-likeness (QED) is 0.341. The molecule has 1 aromatic rings. The van der Waals surface area contributed by atoms with E-state index in [1.807, 2.05) is 30.3 Å². The van der Waals surface area contributed by atoms with Crippen molar-refractivity contribution in [3.8, 4) is 0 Å². The molecule has 0 aliphatic heterocycles. The van der Waals surface area contributed by atoms with Crippen molar-refractivity contribution in [2.75, 3.05) is 6.61 Å². The van der Waals surface area contributed by atoms with E-state index in [4.69, 9.17) is 5.11 Å². The smallest absolute Gasteiger partial charge is 0.190 e. The third kappa shape index (κ3) is 2.57. The zero-order chi connectivity index (χ0) is 10.6. The second-order valence-electron chi connectivity index (χ2n) is 3.84. The third-order valence-electron chi connectivity index (χ3n) is 2.05. The molecule has 0 spiro atoms. The molecule has 0 heterocycles. The van der Waals surface area contributed by atoms with Crippen LogP contribution in [0.5, 0.6) is 0 Å². The van der Waals surface area contributed by atoms with Crippen molar-refractivity contribution in [1.82, 2.24) is 0 Å². The predicted octanol–water partition coefficient (Wildman–Crippen LogP) is 1.39. The minimum Gasteiger partial charge on any atom is -0.623 e. The first-order valence-electron chi connectivity index (χ1n) is 4.53. The Morgan fingerprint density at radius 2 is 1.93 bits per heavy atom. The van der Waals surface area contributed by atoms with Crippen molar-refractivity contribution in [2.45, 2.75) is 19.4 Å². The molecule has 0 aliphatic carbocycles. The zero-order valence-electron chi connectivity index (χ0n) is 8.47. The zero-order valence-corrected chi connectivity index (χ0v) is 8.47. The summed E-state index contributed by atoms with van der Waals surface area (Å²) in [6.07, 6.45) is 1.48. The minimum absolute atomic E-state index is 0.167. The predicted molar refractivity (Wildman–Crippen MR) is 56.4 cm³/mol. The molecule has 0 saturated carbocycles. The highest BCUT2D eigenvalue weighted by Crippen LogP contribution is 2.06. The molecule has 0 fully saturated rings. The van der Waals surface area contributed by atoms with Crippen LogP contribution in [-0.4, -0.2) is 28.2 Å². The Labute approximate surface area is 83.9 Å². The highest BCUT2D eigenvalue weighted by molar-refractivity contribution is 5.75. The normalized spacial score (nSPS) is 12.9. The van der Waals surface area contributed by atoms with E-state index < -0.39 is 5.54 Å². The number of nitrogens with zero attached hydrogens (tertiary/aromatic N) is 1. The van der Waals surface area contributed by atoms with Crippen LogP contribution in [0.1, 0.15) is 19.4 Å². The number of aliphatic hydroxyl groups is 1. The highest BCUT2D eigenvalue weighted by atomic mass is 16.5. The van der Waals surface area contributed by atoms with Crippen molar-refractivity contribution in [2.24, 2.45) is 0 Å². The molecule has 0 radical (unpaired) electrons. The van der Waals surface area contributed by atoms with Gasteiger partial charge in [0.15, 0.2) is 11.8 Å². The summed E-state index contributed by atoms with van der Waals surface area (Å²) >= 11 is 0. The summed E-state index contributed by atoms with van der Waals surface area (Å²) < 4.78 is 0.780. The Bertz CT molecular complexity index is 317. The topological polar surface area (TPSA) is 46.3 Å². The lowest BCUT2D eigenvalue weighted by molar-refractivity contribution is -0.539. The van der Waals surface area contributed by atoms with E-state index in [-0.39, 0.29) is 6.61 Å². The van der Waals surface area contributed by atoms with Crippen molar-refractivity contribution < 1.29 is 9.85 Å². The molecule has 3 nitrogen and oxygen atoms in total. The fourth-order valence-corrected chi connectivity index (χ4v) is 0.919. The average Bonchev–Trinajstić information content (AvgIpc) is 2.19. The molecule has 1 rings (SSSR count). The van der Waals surface area contributed by atoms with E-state index in [9.17, 15) is 5.21 Å². The van der Waals surface area contributed by atoms with Crippen LogP contribution in [0.15, 0.2) is 30.3 Å². The van der Waals surface area contributed by atoms with E-state index in [1.54, 1.807) is 13.8 Å². The lowest BCUT2D eigenvalue weighted by Crippen LogP contribution is -2.37. The SMILES string of the molecule is CC(C)(CO)[N+]([O-])=Cc1ccccc1. The Morgan fingerprint density at radius 3 is 2.43 bits per heavy atom. The molecule has 14 heavy (non-hydrogen) atoms. The summed E-state index contributed by atoms with van der Waals surface area (Å²) in [6.45, 7) is 3.22. The summed E-state index contributed by atoms with van der Waals surface area (Å²) in [5.74, 6) is 0. The largest absolute Gasteiger partial charge is 0.623 e. The molecule has 0 unspecified atom stereocenters. The Kier molecular flexibility index (Phi) is 3.25. The number of aliphatic hydroxyl groups excluding tert-OH is 1. The molecule has 3 heteroatoms. The van der Waals surface area contributed by atoms with Crippen LogP contribution < -0.4 is 0 Å². The van der Waals surface area contributed by atoms with Crippen LogP contribution in [-0.2, 0) is 0 Å². The van der Waals surface area contributed by atoms with E-state index in [0.29, 0.717) is 0 Å². The summed E-state index contributed by atoms with van der Waals surface area (Å²) in [7, 11) is 0. The number of hydrogen-bond acceptors (Lipinski definition) is 2. The van der Waals surface area contributed by atoms with Gasteiger partial charge in [0, 0.05) is 19.4 Å². The molecule has 1 N–H and O–H groups in total. The average molecular weight is 193 g/mol. The van der Waals surface area contributed by atoms with Crippen LogP contribution in [0.25, 0.3) is 0 Å². The second kappa shape index (κ2) is 4.24. The van der Waals surface area contributed by atoms with Gasteiger partial charge in [-0.2, -0.15) is 0 Å². The fourth-order valence-electron chi connectivity index (χ4n) is 0.919. The van der Waals surface area contributed by atoms with Gasteiger partial charge in [0.25, 0.3) is 0 Å². The summed E-state index contributed by atoms with van der Waals surface area (Å²) in [5.41, 5.74) is 0.0690. The minimum atomic E-state index is -0.768. The van der Waals surface area contributed by atoms with Gasteiger partial charge in [-0.1, -0.05) is 18.2 Å².